The zero-order valence-electron chi connectivity index (χ0n) is 10.4. The summed E-state index contributed by atoms with van der Waals surface area (Å²) in [5, 5.41) is 20.7. The van der Waals surface area contributed by atoms with Gasteiger partial charge in [-0.25, -0.2) is 9.78 Å². The van der Waals surface area contributed by atoms with Gasteiger partial charge in [0.25, 0.3) is 5.91 Å². The van der Waals surface area contributed by atoms with Crippen molar-refractivity contribution in [1.82, 2.24) is 15.3 Å². The largest absolute Gasteiger partial charge is 0.508 e. The Bertz CT molecular complexity index is 593. The van der Waals surface area contributed by atoms with Gasteiger partial charge in [0.05, 0.1) is 6.33 Å². The number of nitrogens with zero attached hydrogens (tertiary/aromatic N) is 1. The van der Waals surface area contributed by atoms with Gasteiger partial charge in [0.2, 0.25) is 0 Å². The molecule has 20 heavy (non-hydrogen) atoms. The monoisotopic (exact) mass is 275 g/mol. The predicted molar refractivity (Wildman–Crippen MR) is 69.3 cm³/mol. The van der Waals surface area contributed by atoms with Crippen molar-refractivity contribution < 1.29 is 19.8 Å². The SMILES string of the molecule is O=C(NC(Cc1cnc[nH]1)C(=O)O)c1ccc(O)cc1. The number of aromatic hydroxyl groups is 1. The van der Waals surface area contributed by atoms with E-state index < -0.39 is 17.9 Å². The summed E-state index contributed by atoms with van der Waals surface area (Å²) in [6.45, 7) is 0. The van der Waals surface area contributed by atoms with Gasteiger partial charge in [-0.15, -0.1) is 0 Å². The third-order valence-electron chi connectivity index (χ3n) is 2.71. The van der Waals surface area contributed by atoms with Crippen molar-refractivity contribution in [2.45, 2.75) is 12.5 Å². The first-order valence-corrected chi connectivity index (χ1v) is 5.86. The topological polar surface area (TPSA) is 115 Å². The molecule has 0 aliphatic rings. The maximum atomic E-state index is 11.9. The molecule has 7 nitrogen and oxygen atoms in total. The minimum Gasteiger partial charge on any atom is -0.508 e. The average Bonchev–Trinajstić information content (AvgIpc) is 2.91. The molecule has 2 aromatic rings. The molecule has 1 unspecified atom stereocenters. The lowest BCUT2D eigenvalue weighted by molar-refractivity contribution is -0.139. The van der Waals surface area contributed by atoms with Crippen molar-refractivity contribution in [2.75, 3.05) is 0 Å². The Kier molecular flexibility index (Phi) is 3.99. The Balaban J connectivity index is 2.06. The lowest BCUT2D eigenvalue weighted by atomic mass is 10.1. The number of phenols is 1. The van der Waals surface area contributed by atoms with Crippen LogP contribution in [0.15, 0.2) is 36.8 Å². The van der Waals surface area contributed by atoms with Crippen molar-refractivity contribution >= 4 is 11.9 Å². The second kappa shape index (κ2) is 5.87. The van der Waals surface area contributed by atoms with E-state index >= 15 is 0 Å². The molecule has 1 atom stereocenters. The normalized spacial score (nSPS) is 11.8. The number of hydrogen-bond acceptors (Lipinski definition) is 4. The van der Waals surface area contributed by atoms with Gasteiger partial charge < -0.3 is 20.5 Å². The number of phenolic OH excluding ortho intramolecular Hbond substituents is 1. The molecule has 0 aliphatic heterocycles. The highest BCUT2D eigenvalue weighted by molar-refractivity contribution is 5.96. The van der Waals surface area contributed by atoms with Crippen LogP contribution in [0.1, 0.15) is 16.1 Å². The van der Waals surface area contributed by atoms with Gasteiger partial charge in [-0.1, -0.05) is 0 Å². The molecule has 0 spiro atoms. The summed E-state index contributed by atoms with van der Waals surface area (Å²) in [5.41, 5.74) is 0.891. The van der Waals surface area contributed by atoms with Gasteiger partial charge in [-0.3, -0.25) is 4.79 Å². The van der Waals surface area contributed by atoms with Crippen molar-refractivity contribution in [1.29, 1.82) is 0 Å². The van der Waals surface area contributed by atoms with Gasteiger partial charge in [-0.05, 0) is 24.3 Å². The summed E-state index contributed by atoms with van der Waals surface area (Å²) in [4.78, 5) is 29.7. The molecule has 0 aliphatic carbocycles. The van der Waals surface area contributed by atoms with Crippen LogP contribution < -0.4 is 5.32 Å². The molecule has 4 N–H and O–H groups in total. The summed E-state index contributed by atoms with van der Waals surface area (Å²) in [6.07, 6.45) is 3.05. The summed E-state index contributed by atoms with van der Waals surface area (Å²) in [5.74, 6) is -1.61. The molecule has 1 aromatic heterocycles. The van der Waals surface area contributed by atoms with E-state index in [-0.39, 0.29) is 17.7 Å². The first-order valence-electron chi connectivity index (χ1n) is 5.86. The number of hydrogen-bond donors (Lipinski definition) is 4. The number of imidazole rings is 1. The van der Waals surface area contributed by atoms with E-state index in [4.69, 9.17) is 10.2 Å². The molecule has 1 heterocycles. The van der Waals surface area contributed by atoms with E-state index in [1.54, 1.807) is 0 Å². The maximum Gasteiger partial charge on any atom is 0.326 e. The van der Waals surface area contributed by atoms with Crippen LogP contribution in [-0.4, -0.2) is 38.1 Å². The standard InChI is InChI=1S/C13H13N3O4/c17-10-3-1-8(2-4-10)12(18)16-11(13(19)20)5-9-6-14-7-15-9/h1-4,6-7,11,17H,5H2,(H,14,15)(H,16,18)(H,19,20). The van der Waals surface area contributed by atoms with E-state index in [2.05, 4.69) is 15.3 Å². The van der Waals surface area contributed by atoms with Gasteiger partial charge >= 0.3 is 5.97 Å². The first kappa shape index (κ1) is 13.6. The molecule has 0 fully saturated rings. The minimum atomic E-state index is -1.13. The number of aromatic amines is 1. The summed E-state index contributed by atoms with van der Waals surface area (Å²) in [6, 6.07) is 4.50. The third-order valence-corrected chi connectivity index (χ3v) is 2.71. The number of aliphatic carboxylic acids is 1. The number of carboxylic acids is 1. The molecule has 0 bridgehead atoms. The number of H-pyrrole nitrogens is 1. The molecule has 104 valence electrons. The van der Waals surface area contributed by atoms with Gasteiger partial charge in [0.1, 0.15) is 11.8 Å². The molecule has 0 saturated carbocycles. The highest BCUT2D eigenvalue weighted by Gasteiger charge is 2.21. The molecular weight excluding hydrogens is 262 g/mol. The van der Waals surface area contributed by atoms with Crippen LogP contribution in [0.3, 0.4) is 0 Å². The highest BCUT2D eigenvalue weighted by Crippen LogP contribution is 2.10. The van der Waals surface area contributed by atoms with Crippen LogP contribution in [0, 0.1) is 0 Å². The fourth-order valence-corrected chi connectivity index (χ4v) is 1.67. The molecule has 2 rings (SSSR count). The number of carbonyl (C=O) groups is 2. The molecular formula is C13H13N3O4. The van der Waals surface area contributed by atoms with Crippen LogP contribution in [-0.2, 0) is 11.2 Å². The third kappa shape index (κ3) is 3.35. The van der Waals surface area contributed by atoms with Crippen molar-refractivity contribution in [3.05, 3.63) is 48.0 Å². The lowest BCUT2D eigenvalue weighted by Gasteiger charge is -2.13. The number of nitrogens with one attached hydrogen (secondary N) is 2. The van der Waals surface area contributed by atoms with E-state index in [0.29, 0.717) is 5.69 Å². The van der Waals surface area contributed by atoms with Crippen molar-refractivity contribution in [2.24, 2.45) is 0 Å². The van der Waals surface area contributed by atoms with Crippen LogP contribution >= 0.6 is 0 Å². The number of aromatic nitrogens is 2. The molecule has 7 heteroatoms. The fourth-order valence-electron chi connectivity index (χ4n) is 1.67. The Morgan fingerprint density at radius 2 is 2.00 bits per heavy atom. The number of rotatable bonds is 5. The Morgan fingerprint density at radius 3 is 2.55 bits per heavy atom. The number of amides is 1. The van der Waals surface area contributed by atoms with Gasteiger partial charge in [0.15, 0.2) is 0 Å². The van der Waals surface area contributed by atoms with Crippen LogP contribution in [0.2, 0.25) is 0 Å². The fraction of sp³-hybridized carbons (Fsp3) is 0.154. The van der Waals surface area contributed by atoms with E-state index in [0.717, 1.165) is 0 Å². The zero-order chi connectivity index (χ0) is 14.5. The van der Waals surface area contributed by atoms with Crippen LogP contribution in [0.4, 0.5) is 0 Å². The highest BCUT2D eigenvalue weighted by atomic mass is 16.4. The summed E-state index contributed by atoms with van der Waals surface area (Å²) >= 11 is 0. The predicted octanol–water partition coefficient (Wildman–Crippen LogP) is 0.541. The van der Waals surface area contributed by atoms with Crippen molar-refractivity contribution in [3.63, 3.8) is 0 Å². The zero-order valence-corrected chi connectivity index (χ0v) is 10.4. The number of carboxylic acid groups (broad SMARTS) is 1. The Labute approximate surface area is 114 Å². The summed E-state index contributed by atoms with van der Waals surface area (Å²) in [7, 11) is 0. The molecule has 1 amide bonds. The number of carbonyl (C=O) groups excluding carboxylic acids is 1. The van der Waals surface area contributed by atoms with Gasteiger partial charge in [-0.2, -0.15) is 0 Å². The van der Waals surface area contributed by atoms with E-state index in [1.807, 2.05) is 0 Å². The van der Waals surface area contributed by atoms with E-state index in [9.17, 15) is 9.59 Å². The van der Waals surface area contributed by atoms with Crippen LogP contribution in [0.25, 0.3) is 0 Å². The smallest absolute Gasteiger partial charge is 0.326 e. The second-order valence-corrected chi connectivity index (χ2v) is 4.19. The minimum absolute atomic E-state index is 0.0359. The molecule has 0 saturated heterocycles. The van der Waals surface area contributed by atoms with Gasteiger partial charge in [0, 0.05) is 23.9 Å². The van der Waals surface area contributed by atoms with Crippen LogP contribution in [0.5, 0.6) is 5.75 Å². The van der Waals surface area contributed by atoms with E-state index in [1.165, 1.54) is 36.8 Å². The maximum absolute atomic E-state index is 11.9. The second-order valence-electron chi connectivity index (χ2n) is 4.19. The first-order chi connectivity index (χ1) is 9.56. The quantitative estimate of drug-likeness (QED) is 0.635. The number of benzene rings is 1. The molecule has 1 aromatic carbocycles. The Morgan fingerprint density at radius 1 is 1.30 bits per heavy atom. The Hall–Kier alpha value is -2.83. The molecule has 0 radical (unpaired) electrons. The van der Waals surface area contributed by atoms with Crippen molar-refractivity contribution in [3.8, 4) is 5.75 Å². The average molecular weight is 275 g/mol. The summed E-state index contributed by atoms with van der Waals surface area (Å²) < 4.78 is 0. The lowest BCUT2D eigenvalue weighted by Crippen LogP contribution is -2.42.